The van der Waals surface area contributed by atoms with Gasteiger partial charge in [0.1, 0.15) is 0 Å². The van der Waals surface area contributed by atoms with Crippen molar-refractivity contribution in [3.8, 4) is 16.9 Å². The van der Waals surface area contributed by atoms with Crippen molar-refractivity contribution in [2.75, 3.05) is 13.1 Å². The van der Waals surface area contributed by atoms with Crippen LogP contribution in [0.1, 0.15) is 60.1 Å². The van der Waals surface area contributed by atoms with Crippen LogP contribution >= 0.6 is 34.8 Å². The molecule has 0 aliphatic carbocycles. The molecule has 3 aromatic carbocycles. The van der Waals surface area contributed by atoms with Crippen molar-refractivity contribution in [2.24, 2.45) is 0 Å². The molecule has 1 aromatic heterocycles. The van der Waals surface area contributed by atoms with Gasteiger partial charge in [0, 0.05) is 34.3 Å². The molecule has 4 aromatic rings. The Morgan fingerprint density at radius 1 is 0.800 bits per heavy atom. The lowest BCUT2D eigenvalue weighted by atomic mass is 10.1. The lowest BCUT2D eigenvalue weighted by Crippen LogP contribution is -2.25. The molecule has 0 aliphatic heterocycles. The molecule has 210 valence electrons. The molecule has 4 rings (SSSR count). The van der Waals surface area contributed by atoms with E-state index in [4.69, 9.17) is 39.9 Å². The first-order valence-electron chi connectivity index (χ1n) is 13.8. The molecule has 0 radical (unpaired) electrons. The number of halogens is 3. The second-order valence-corrected chi connectivity index (χ2v) is 11.2. The highest BCUT2D eigenvalue weighted by Gasteiger charge is 2.23. The van der Waals surface area contributed by atoms with Crippen LogP contribution in [-0.2, 0) is 6.54 Å². The summed E-state index contributed by atoms with van der Waals surface area (Å²) in [6.07, 6.45) is 6.78. The zero-order valence-electron chi connectivity index (χ0n) is 22.7. The predicted octanol–water partition coefficient (Wildman–Crippen LogP) is 8.67. The summed E-state index contributed by atoms with van der Waals surface area (Å²) < 4.78 is 1.71. The largest absolute Gasteiger partial charge is 0.351 e. The molecule has 1 amide bonds. The van der Waals surface area contributed by atoms with E-state index < -0.39 is 0 Å². The third kappa shape index (κ3) is 8.34. The minimum absolute atomic E-state index is 0.193. The van der Waals surface area contributed by atoms with E-state index in [0.717, 1.165) is 49.2 Å². The number of amides is 1. The van der Waals surface area contributed by atoms with Crippen molar-refractivity contribution in [3.63, 3.8) is 0 Å². The van der Waals surface area contributed by atoms with Gasteiger partial charge in [-0.2, -0.15) is 5.10 Å². The smallest absolute Gasteiger partial charge is 0.272 e. The average Bonchev–Trinajstić information content (AvgIpc) is 3.29. The van der Waals surface area contributed by atoms with Crippen LogP contribution in [0.15, 0.2) is 72.8 Å². The average molecular weight is 598 g/mol. The maximum absolute atomic E-state index is 13.2. The normalized spacial score (nSPS) is 11.1. The summed E-state index contributed by atoms with van der Waals surface area (Å²) in [5, 5.41) is 12.9. The molecule has 40 heavy (non-hydrogen) atoms. The minimum atomic E-state index is -0.193. The van der Waals surface area contributed by atoms with Gasteiger partial charge < -0.3 is 10.6 Å². The van der Waals surface area contributed by atoms with E-state index in [1.54, 1.807) is 22.9 Å². The van der Waals surface area contributed by atoms with Crippen molar-refractivity contribution in [1.29, 1.82) is 0 Å². The van der Waals surface area contributed by atoms with Gasteiger partial charge >= 0.3 is 0 Å². The maximum atomic E-state index is 13.2. The van der Waals surface area contributed by atoms with Gasteiger partial charge in [-0.05, 0) is 62.2 Å². The summed E-state index contributed by atoms with van der Waals surface area (Å²) in [6, 6.07) is 23.2. The Kier molecular flexibility index (Phi) is 11.5. The zero-order chi connectivity index (χ0) is 28.3. The van der Waals surface area contributed by atoms with Crippen molar-refractivity contribution in [3.05, 3.63) is 105 Å². The molecule has 5 nitrogen and oxygen atoms in total. The van der Waals surface area contributed by atoms with Gasteiger partial charge in [-0.25, -0.2) is 4.68 Å². The highest BCUT2D eigenvalue weighted by Crippen LogP contribution is 2.33. The quantitative estimate of drug-likeness (QED) is 0.143. The SMILES string of the molecule is Cc1c(C(=O)NCCCCCCCCNCc2ccccc2)nn(-c2ccc(Cl)cc2Cl)c1-c1ccc(Cl)cc1. The molecular weight excluding hydrogens is 563 g/mol. The van der Waals surface area contributed by atoms with Crippen molar-refractivity contribution in [1.82, 2.24) is 20.4 Å². The standard InChI is InChI=1S/C32H35Cl3N4O/c1-23-30(32(40)37-20-10-5-3-2-4-9-19-36-22-24-11-7-6-8-12-24)38-39(29-18-17-27(34)21-28(29)35)31(23)25-13-15-26(33)16-14-25/h6-8,11-18,21,36H,2-5,9-10,19-20,22H2,1H3,(H,37,40). The number of nitrogens with one attached hydrogen (secondary N) is 2. The third-order valence-corrected chi connectivity index (χ3v) is 7.62. The van der Waals surface area contributed by atoms with Gasteiger partial charge in [-0.15, -0.1) is 0 Å². The van der Waals surface area contributed by atoms with E-state index in [1.165, 1.54) is 24.8 Å². The molecule has 0 spiro atoms. The molecule has 8 heteroatoms. The Balaban J connectivity index is 1.26. The topological polar surface area (TPSA) is 59.0 Å². The lowest BCUT2D eigenvalue weighted by molar-refractivity contribution is 0.0947. The molecule has 0 unspecified atom stereocenters. The summed E-state index contributed by atoms with van der Waals surface area (Å²) >= 11 is 18.8. The number of carbonyl (C=O) groups excluding carboxylic acids is 1. The van der Waals surface area contributed by atoms with Crippen molar-refractivity contribution < 1.29 is 4.79 Å². The van der Waals surface area contributed by atoms with E-state index in [2.05, 4.69) is 34.9 Å². The van der Waals surface area contributed by atoms with Crippen LogP contribution in [0.4, 0.5) is 0 Å². The second kappa shape index (κ2) is 15.2. The summed E-state index contributed by atoms with van der Waals surface area (Å²) in [6.45, 7) is 4.48. The maximum Gasteiger partial charge on any atom is 0.272 e. The number of hydrogen-bond donors (Lipinski definition) is 2. The van der Waals surface area contributed by atoms with Gasteiger partial charge in [0.25, 0.3) is 5.91 Å². The van der Waals surface area contributed by atoms with E-state index in [0.29, 0.717) is 33.0 Å². The van der Waals surface area contributed by atoms with Crippen LogP contribution in [0, 0.1) is 6.92 Å². The Morgan fingerprint density at radius 2 is 1.45 bits per heavy atom. The number of hydrogen-bond acceptors (Lipinski definition) is 3. The summed E-state index contributed by atoms with van der Waals surface area (Å²) in [5.74, 6) is -0.193. The molecule has 0 atom stereocenters. The number of unbranched alkanes of at least 4 members (excludes halogenated alkanes) is 5. The first-order valence-corrected chi connectivity index (χ1v) is 14.9. The fourth-order valence-corrected chi connectivity index (χ4v) is 5.30. The minimum Gasteiger partial charge on any atom is -0.351 e. The molecule has 0 fully saturated rings. The Morgan fingerprint density at radius 3 is 2.15 bits per heavy atom. The summed E-state index contributed by atoms with van der Waals surface area (Å²) in [5.41, 5.74) is 4.78. The fraction of sp³-hybridized carbons (Fsp3) is 0.312. The van der Waals surface area contributed by atoms with E-state index in [9.17, 15) is 4.79 Å². The Bertz CT molecular complexity index is 1390. The summed E-state index contributed by atoms with van der Waals surface area (Å²) in [7, 11) is 0. The molecule has 0 saturated heterocycles. The van der Waals surface area contributed by atoms with Crippen LogP contribution in [0.2, 0.25) is 15.1 Å². The third-order valence-electron chi connectivity index (χ3n) is 6.83. The van der Waals surface area contributed by atoms with Crippen molar-refractivity contribution >= 4 is 40.7 Å². The highest BCUT2D eigenvalue weighted by atomic mass is 35.5. The fourth-order valence-electron chi connectivity index (χ4n) is 4.68. The van der Waals surface area contributed by atoms with Crippen LogP contribution in [-0.4, -0.2) is 28.8 Å². The lowest BCUT2D eigenvalue weighted by Gasteiger charge is -2.11. The van der Waals surface area contributed by atoms with Crippen LogP contribution in [0.3, 0.4) is 0 Å². The molecule has 0 bridgehead atoms. The second-order valence-electron chi connectivity index (χ2n) is 9.88. The number of aromatic nitrogens is 2. The monoisotopic (exact) mass is 596 g/mol. The molecule has 0 aliphatic rings. The summed E-state index contributed by atoms with van der Waals surface area (Å²) in [4.78, 5) is 13.2. The molecule has 0 saturated carbocycles. The number of rotatable bonds is 14. The van der Waals surface area contributed by atoms with Crippen molar-refractivity contribution in [2.45, 2.75) is 52.0 Å². The van der Waals surface area contributed by atoms with Crippen LogP contribution in [0.5, 0.6) is 0 Å². The molecular formula is C32H35Cl3N4O. The first-order chi connectivity index (χ1) is 19.4. The molecule has 2 N–H and O–H groups in total. The number of carbonyl (C=O) groups is 1. The first kappa shape index (κ1) is 30.1. The van der Waals surface area contributed by atoms with Crippen LogP contribution < -0.4 is 10.6 Å². The van der Waals surface area contributed by atoms with Gasteiger partial charge in [0.2, 0.25) is 0 Å². The Hall–Kier alpha value is -2.83. The van der Waals surface area contributed by atoms with Gasteiger partial charge in [-0.1, -0.05) is 103 Å². The van der Waals surface area contributed by atoms with Gasteiger partial charge in [0.15, 0.2) is 5.69 Å². The van der Waals surface area contributed by atoms with E-state index in [1.807, 2.05) is 37.3 Å². The van der Waals surface area contributed by atoms with Crippen LogP contribution in [0.25, 0.3) is 16.9 Å². The van der Waals surface area contributed by atoms with E-state index >= 15 is 0 Å². The van der Waals surface area contributed by atoms with Gasteiger partial charge in [0.05, 0.1) is 16.4 Å². The number of benzene rings is 3. The highest BCUT2D eigenvalue weighted by molar-refractivity contribution is 6.35. The number of nitrogens with zero attached hydrogens (tertiary/aromatic N) is 2. The zero-order valence-corrected chi connectivity index (χ0v) is 25.0. The molecule has 1 heterocycles. The Labute approximate surface area is 251 Å². The predicted molar refractivity (Wildman–Crippen MR) is 167 cm³/mol. The van der Waals surface area contributed by atoms with Gasteiger partial charge in [-0.3, -0.25) is 4.79 Å². The van der Waals surface area contributed by atoms with E-state index in [-0.39, 0.29) is 5.91 Å².